The zero-order chi connectivity index (χ0) is 22.0. The molecule has 0 spiro atoms. The SMILES string of the molecule is O=C(O)c1ccc(OCc2nc3ccccc3n2Cc2ccc(C(F)(F)F)cc2)cc1. The standard InChI is InChI=1S/C23H17F3N2O3/c24-23(25,26)17-9-5-15(6-10-17)13-28-20-4-2-1-3-19(20)27-21(28)14-31-18-11-7-16(8-12-18)22(29)30/h1-12H,13-14H2,(H,29,30). The summed E-state index contributed by atoms with van der Waals surface area (Å²) in [6, 6.07) is 18.5. The van der Waals surface area contributed by atoms with E-state index in [-0.39, 0.29) is 12.2 Å². The monoisotopic (exact) mass is 426 g/mol. The summed E-state index contributed by atoms with van der Waals surface area (Å²) in [7, 11) is 0. The highest BCUT2D eigenvalue weighted by atomic mass is 19.4. The van der Waals surface area contributed by atoms with Gasteiger partial charge in [0.05, 0.1) is 22.2 Å². The number of rotatable bonds is 6. The molecule has 0 bridgehead atoms. The molecule has 0 aliphatic rings. The highest BCUT2D eigenvalue weighted by molar-refractivity contribution is 5.87. The van der Waals surface area contributed by atoms with E-state index in [4.69, 9.17) is 9.84 Å². The number of benzene rings is 3. The van der Waals surface area contributed by atoms with Crippen LogP contribution in [0.4, 0.5) is 13.2 Å². The predicted molar refractivity (Wildman–Crippen MR) is 108 cm³/mol. The smallest absolute Gasteiger partial charge is 0.416 e. The third-order valence-corrected chi connectivity index (χ3v) is 4.82. The van der Waals surface area contributed by atoms with Crippen LogP contribution < -0.4 is 4.74 Å². The van der Waals surface area contributed by atoms with E-state index >= 15 is 0 Å². The molecule has 0 aliphatic carbocycles. The lowest BCUT2D eigenvalue weighted by atomic mass is 10.1. The minimum absolute atomic E-state index is 0.113. The number of carboxylic acids is 1. The number of carbonyl (C=O) groups is 1. The van der Waals surface area contributed by atoms with Crippen LogP contribution in [0.5, 0.6) is 5.75 Å². The Hall–Kier alpha value is -3.81. The highest BCUT2D eigenvalue weighted by Crippen LogP contribution is 2.29. The van der Waals surface area contributed by atoms with E-state index in [0.717, 1.165) is 23.2 Å². The van der Waals surface area contributed by atoms with Gasteiger partial charge in [-0.05, 0) is 54.1 Å². The molecule has 1 heterocycles. The molecule has 8 heteroatoms. The van der Waals surface area contributed by atoms with E-state index in [9.17, 15) is 18.0 Å². The number of alkyl halides is 3. The lowest BCUT2D eigenvalue weighted by Gasteiger charge is -2.12. The molecule has 1 N–H and O–H groups in total. The van der Waals surface area contributed by atoms with Crippen molar-refractivity contribution in [1.82, 2.24) is 9.55 Å². The van der Waals surface area contributed by atoms with Crippen LogP contribution in [0, 0.1) is 0 Å². The molecule has 158 valence electrons. The van der Waals surface area contributed by atoms with Crippen LogP contribution in [0.1, 0.15) is 27.3 Å². The second kappa shape index (κ2) is 8.14. The first kappa shape index (κ1) is 20.5. The molecule has 0 radical (unpaired) electrons. The van der Waals surface area contributed by atoms with Gasteiger partial charge in [0.2, 0.25) is 0 Å². The van der Waals surface area contributed by atoms with Crippen molar-refractivity contribution in [1.29, 1.82) is 0 Å². The molecule has 0 amide bonds. The van der Waals surface area contributed by atoms with Crippen molar-refractivity contribution < 1.29 is 27.8 Å². The summed E-state index contributed by atoms with van der Waals surface area (Å²) < 4.78 is 46.2. The Morgan fingerprint density at radius 1 is 0.968 bits per heavy atom. The molecule has 31 heavy (non-hydrogen) atoms. The molecule has 0 unspecified atom stereocenters. The van der Waals surface area contributed by atoms with E-state index in [1.165, 1.54) is 24.3 Å². The number of imidazole rings is 1. The van der Waals surface area contributed by atoms with Crippen molar-refractivity contribution in [2.75, 3.05) is 0 Å². The van der Waals surface area contributed by atoms with Crippen molar-refractivity contribution in [3.8, 4) is 5.75 Å². The fourth-order valence-electron chi connectivity index (χ4n) is 3.24. The molecule has 4 rings (SSSR count). The number of para-hydroxylation sites is 2. The molecular weight excluding hydrogens is 409 g/mol. The van der Waals surface area contributed by atoms with Gasteiger partial charge in [0.1, 0.15) is 18.2 Å². The minimum Gasteiger partial charge on any atom is -0.486 e. The van der Waals surface area contributed by atoms with Crippen LogP contribution in [-0.2, 0) is 19.3 Å². The second-order valence-electron chi connectivity index (χ2n) is 6.92. The van der Waals surface area contributed by atoms with E-state index in [1.807, 2.05) is 28.8 Å². The average molecular weight is 426 g/mol. The summed E-state index contributed by atoms with van der Waals surface area (Å²) in [4.78, 5) is 15.6. The van der Waals surface area contributed by atoms with Gasteiger partial charge in [0.15, 0.2) is 0 Å². The van der Waals surface area contributed by atoms with Gasteiger partial charge in [0.25, 0.3) is 0 Å². The van der Waals surface area contributed by atoms with E-state index in [2.05, 4.69) is 4.98 Å². The number of aromatic carboxylic acids is 1. The number of hydrogen-bond acceptors (Lipinski definition) is 3. The highest BCUT2D eigenvalue weighted by Gasteiger charge is 2.30. The largest absolute Gasteiger partial charge is 0.486 e. The van der Waals surface area contributed by atoms with Crippen molar-refractivity contribution in [3.05, 3.63) is 95.3 Å². The van der Waals surface area contributed by atoms with Gasteiger partial charge in [-0.3, -0.25) is 0 Å². The normalized spacial score (nSPS) is 11.6. The Labute approximate surface area is 175 Å². The first-order valence-electron chi connectivity index (χ1n) is 9.38. The van der Waals surface area contributed by atoms with Gasteiger partial charge < -0.3 is 14.4 Å². The first-order chi connectivity index (χ1) is 14.8. The number of nitrogens with zero attached hydrogens (tertiary/aromatic N) is 2. The Bertz CT molecular complexity index is 1210. The van der Waals surface area contributed by atoms with Gasteiger partial charge in [-0.2, -0.15) is 13.2 Å². The molecule has 0 fully saturated rings. The van der Waals surface area contributed by atoms with Crippen LogP contribution in [0.3, 0.4) is 0 Å². The van der Waals surface area contributed by atoms with Crippen molar-refractivity contribution >= 4 is 17.0 Å². The third-order valence-electron chi connectivity index (χ3n) is 4.82. The summed E-state index contributed by atoms with van der Waals surface area (Å²) in [5.41, 5.74) is 1.74. The minimum atomic E-state index is -4.38. The molecule has 0 saturated carbocycles. The molecule has 1 aromatic heterocycles. The summed E-state index contributed by atoms with van der Waals surface area (Å²) in [5.74, 6) is 0.0615. The van der Waals surface area contributed by atoms with Crippen LogP contribution in [0.2, 0.25) is 0 Å². The third kappa shape index (κ3) is 4.53. The number of ether oxygens (including phenoxy) is 1. The molecule has 3 aromatic carbocycles. The molecule has 4 aromatic rings. The summed E-state index contributed by atoms with van der Waals surface area (Å²) >= 11 is 0. The topological polar surface area (TPSA) is 64.3 Å². The molecule has 0 aliphatic heterocycles. The fraction of sp³-hybridized carbons (Fsp3) is 0.130. The van der Waals surface area contributed by atoms with Crippen LogP contribution in [0.25, 0.3) is 11.0 Å². The Balaban J connectivity index is 1.59. The van der Waals surface area contributed by atoms with E-state index in [1.54, 1.807) is 12.1 Å². The first-order valence-corrected chi connectivity index (χ1v) is 9.38. The quantitative estimate of drug-likeness (QED) is 0.450. The number of carboxylic acid groups (broad SMARTS) is 1. The zero-order valence-corrected chi connectivity index (χ0v) is 16.1. The molecular formula is C23H17F3N2O3. The molecule has 0 saturated heterocycles. The Morgan fingerprint density at radius 3 is 2.29 bits per heavy atom. The number of fused-ring (bicyclic) bond motifs is 1. The van der Waals surface area contributed by atoms with Crippen molar-refractivity contribution in [3.63, 3.8) is 0 Å². The van der Waals surface area contributed by atoms with Gasteiger partial charge in [-0.15, -0.1) is 0 Å². The lowest BCUT2D eigenvalue weighted by Crippen LogP contribution is -2.09. The van der Waals surface area contributed by atoms with Crippen LogP contribution in [-0.4, -0.2) is 20.6 Å². The van der Waals surface area contributed by atoms with Crippen molar-refractivity contribution in [2.24, 2.45) is 0 Å². The zero-order valence-electron chi connectivity index (χ0n) is 16.1. The number of aromatic nitrogens is 2. The lowest BCUT2D eigenvalue weighted by molar-refractivity contribution is -0.137. The van der Waals surface area contributed by atoms with Crippen LogP contribution >= 0.6 is 0 Å². The van der Waals surface area contributed by atoms with Gasteiger partial charge in [0, 0.05) is 6.54 Å². The predicted octanol–water partition coefficient (Wildman–Crippen LogP) is 5.38. The van der Waals surface area contributed by atoms with Gasteiger partial charge >= 0.3 is 12.1 Å². The maximum atomic E-state index is 12.8. The van der Waals surface area contributed by atoms with Crippen LogP contribution in [0.15, 0.2) is 72.8 Å². The maximum Gasteiger partial charge on any atom is 0.416 e. The molecule has 5 nitrogen and oxygen atoms in total. The summed E-state index contributed by atoms with van der Waals surface area (Å²) in [6.07, 6.45) is -4.38. The van der Waals surface area contributed by atoms with E-state index < -0.39 is 17.7 Å². The molecule has 0 atom stereocenters. The number of halogens is 3. The fourth-order valence-corrected chi connectivity index (χ4v) is 3.24. The van der Waals surface area contributed by atoms with E-state index in [0.29, 0.717) is 23.7 Å². The summed E-state index contributed by atoms with van der Waals surface area (Å²) in [6.45, 7) is 0.441. The average Bonchev–Trinajstić information content (AvgIpc) is 3.10. The number of hydrogen-bond donors (Lipinski definition) is 1. The maximum absolute atomic E-state index is 12.8. The second-order valence-corrected chi connectivity index (χ2v) is 6.92. The Morgan fingerprint density at radius 2 is 1.65 bits per heavy atom. The van der Waals surface area contributed by atoms with Gasteiger partial charge in [-0.1, -0.05) is 24.3 Å². The van der Waals surface area contributed by atoms with Crippen molar-refractivity contribution in [2.45, 2.75) is 19.3 Å². The Kier molecular flexibility index (Phi) is 5.37. The van der Waals surface area contributed by atoms with Gasteiger partial charge in [-0.25, -0.2) is 9.78 Å². The summed E-state index contributed by atoms with van der Waals surface area (Å²) in [5, 5.41) is 8.99.